The van der Waals surface area contributed by atoms with E-state index in [2.05, 4.69) is 28.4 Å². The van der Waals surface area contributed by atoms with Crippen LogP contribution in [0.3, 0.4) is 0 Å². The lowest BCUT2D eigenvalue weighted by Crippen LogP contribution is -1.91. The van der Waals surface area contributed by atoms with Crippen molar-refractivity contribution in [2.24, 2.45) is 0 Å². The quantitative estimate of drug-likeness (QED) is 0.806. The lowest BCUT2D eigenvalue weighted by atomic mass is 10.1. The Hall–Kier alpha value is -2.16. The van der Waals surface area contributed by atoms with Gasteiger partial charge in [-0.05, 0) is 18.6 Å². The number of allylic oxidation sites excluding steroid dienone is 1. The van der Waals surface area contributed by atoms with E-state index < -0.39 is 0 Å². The summed E-state index contributed by atoms with van der Waals surface area (Å²) < 4.78 is 4.97. The van der Waals surface area contributed by atoms with E-state index in [9.17, 15) is 0 Å². The highest BCUT2D eigenvalue weighted by Crippen LogP contribution is 2.18. The van der Waals surface area contributed by atoms with E-state index in [4.69, 9.17) is 4.74 Å². The summed E-state index contributed by atoms with van der Waals surface area (Å²) in [6.45, 7) is 2.00. The van der Waals surface area contributed by atoms with Crippen LogP contribution in [0.1, 0.15) is 12.5 Å². The van der Waals surface area contributed by atoms with Crippen LogP contribution in [0.5, 0.6) is 5.88 Å². The third-order valence-corrected chi connectivity index (χ3v) is 2.41. The minimum atomic E-state index is 0.527. The van der Waals surface area contributed by atoms with Crippen molar-refractivity contribution < 1.29 is 4.74 Å². The van der Waals surface area contributed by atoms with Crippen LogP contribution in [0.2, 0.25) is 0 Å². The van der Waals surface area contributed by atoms with E-state index >= 15 is 0 Å². The van der Waals surface area contributed by atoms with Crippen molar-refractivity contribution in [2.45, 2.75) is 6.92 Å². The summed E-state index contributed by atoms with van der Waals surface area (Å²) >= 11 is 0. The molecule has 0 aliphatic heterocycles. The molecule has 0 bridgehead atoms. The summed E-state index contributed by atoms with van der Waals surface area (Å²) in [5.41, 5.74) is 3.07. The van der Waals surface area contributed by atoms with E-state index in [1.54, 1.807) is 7.11 Å². The van der Waals surface area contributed by atoms with Gasteiger partial charge < -0.3 is 4.74 Å². The minimum absolute atomic E-state index is 0.527. The van der Waals surface area contributed by atoms with Gasteiger partial charge in [0.1, 0.15) is 0 Å². The van der Waals surface area contributed by atoms with Crippen molar-refractivity contribution in [1.29, 1.82) is 0 Å². The summed E-state index contributed by atoms with van der Waals surface area (Å²) in [4.78, 5) is 0. The second kappa shape index (κ2) is 5.25. The Bertz CT molecular complexity index is 501. The first-order valence-electron chi connectivity index (χ1n) is 5.44. The van der Waals surface area contributed by atoms with Gasteiger partial charge in [-0.1, -0.05) is 36.4 Å². The summed E-state index contributed by atoms with van der Waals surface area (Å²) in [7, 11) is 1.58. The van der Waals surface area contributed by atoms with Crippen LogP contribution in [0.4, 0.5) is 0 Å². The Morgan fingerprint density at radius 3 is 2.29 bits per heavy atom. The fourth-order valence-electron chi connectivity index (χ4n) is 1.54. The normalized spacial score (nSPS) is 10.7. The molecule has 3 nitrogen and oxygen atoms in total. The second-order valence-electron chi connectivity index (χ2n) is 3.58. The third kappa shape index (κ3) is 2.69. The molecule has 1 aromatic heterocycles. The first-order chi connectivity index (χ1) is 8.33. The van der Waals surface area contributed by atoms with Crippen molar-refractivity contribution in [3.8, 4) is 17.1 Å². The largest absolute Gasteiger partial charge is 0.480 e. The van der Waals surface area contributed by atoms with E-state index in [-0.39, 0.29) is 0 Å². The fraction of sp³-hybridized carbons (Fsp3) is 0.143. The van der Waals surface area contributed by atoms with E-state index in [0.29, 0.717) is 5.88 Å². The van der Waals surface area contributed by atoms with Gasteiger partial charge in [0.05, 0.1) is 12.8 Å². The topological polar surface area (TPSA) is 35.0 Å². The molecular weight excluding hydrogens is 212 g/mol. The van der Waals surface area contributed by atoms with Crippen molar-refractivity contribution >= 4 is 6.08 Å². The van der Waals surface area contributed by atoms with Gasteiger partial charge in [-0.25, -0.2) is 0 Å². The number of rotatable bonds is 3. The average Bonchev–Trinajstić information content (AvgIpc) is 2.40. The van der Waals surface area contributed by atoms with Crippen LogP contribution >= 0.6 is 0 Å². The zero-order chi connectivity index (χ0) is 12.1. The molecule has 3 heteroatoms. The monoisotopic (exact) mass is 226 g/mol. The SMILES string of the molecule is C/C=C/c1ccc(-c2ccc(OC)nn2)cc1. The number of hydrogen-bond acceptors (Lipinski definition) is 3. The highest BCUT2D eigenvalue weighted by atomic mass is 16.5. The van der Waals surface area contributed by atoms with Crippen LogP contribution in [0, 0.1) is 0 Å². The van der Waals surface area contributed by atoms with Crippen LogP contribution in [0.25, 0.3) is 17.3 Å². The Morgan fingerprint density at radius 2 is 1.76 bits per heavy atom. The number of hydrogen-bond donors (Lipinski definition) is 0. The molecule has 0 aliphatic rings. The number of ether oxygens (including phenoxy) is 1. The summed E-state index contributed by atoms with van der Waals surface area (Å²) in [5.74, 6) is 0.527. The molecule has 2 aromatic rings. The van der Waals surface area contributed by atoms with Gasteiger partial charge in [0.2, 0.25) is 5.88 Å². The average molecular weight is 226 g/mol. The van der Waals surface area contributed by atoms with Gasteiger partial charge in [-0.15, -0.1) is 10.2 Å². The molecule has 1 aromatic carbocycles. The summed E-state index contributed by atoms with van der Waals surface area (Å²) in [6.07, 6.45) is 4.08. The second-order valence-corrected chi connectivity index (χ2v) is 3.58. The molecule has 1 heterocycles. The maximum Gasteiger partial charge on any atom is 0.233 e. The predicted molar refractivity (Wildman–Crippen MR) is 68.7 cm³/mol. The van der Waals surface area contributed by atoms with Gasteiger partial charge in [-0.3, -0.25) is 0 Å². The molecule has 86 valence electrons. The zero-order valence-corrected chi connectivity index (χ0v) is 9.92. The molecule has 0 aliphatic carbocycles. The lowest BCUT2D eigenvalue weighted by molar-refractivity contribution is 0.392. The number of methoxy groups -OCH3 is 1. The molecule has 2 rings (SSSR count). The minimum Gasteiger partial charge on any atom is -0.480 e. The number of benzene rings is 1. The third-order valence-electron chi connectivity index (χ3n) is 2.41. The Labute approximate surface area is 101 Å². The van der Waals surface area contributed by atoms with E-state index in [0.717, 1.165) is 11.3 Å². The predicted octanol–water partition coefficient (Wildman–Crippen LogP) is 3.19. The molecule has 0 saturated heterocycles. The zero-order valence-electron chi connectivity index (χ0n) is 9.92. The smallest absolute Gasteiger partial charge is 0.233 e. The first kappa shape index (κ1) is 11.3. The van der Waals surface area contributed by atoms with E-state index in [1.807, 2.05) is 37.3 Å². The Kier molecular flexibility index (Phi) is 3.50. The van der Waals surface area contributed by atoms with Crippen molar-refractivity contribution in [3.05, 3.63) is 48.0 Å². The molecule has 0 amide bonds. The highest BCUT2D eigenvalue weighted by Gasteiger charge is 2.00. The Balaban J connectivity index is 2.26. The fourth-order valence-corrected chi connectivity index (χ4v) is 1.54. The van der Waals surface area contributed by atoms with Crippen molar-refractivity contribution in [1.82, 2.24) is 10.2 Å². The molecule has 17 heavy (non-hydrogen) atoms. The first-order valence-corrected chi connectivity index (χ1v) is 5.44. The highest BCUT2D eigenvalue weighted by molar-refractivity contribution is 5.62. The Morgan fingerprint density at radius 1 is 1.00 bits per heavy atom. The van der Waals surface area contributed by atoms with Crippen molar-refractivity contribution in [2.75, 3.05) is 7.11 Å². The van der Waals surface area contributed by atoms with Crippen LogP contribution in [-0.4, -0.2) is 17.3 Å². The molecule has 0 saturated carbocycles. The van der Waals surface area contributed by atoms with Crippen LogP contribution in [-0.2, 0) is 0 Å². The molecule has 0 unspecified atom stereocenters. The van der Waals surface area contributed by atoms with E-state index in [1.165, 1.54) is 5.56 Å². The molecule has 0 fully saturated rings. The molecule has 0 atom stereocenters. The van der Waals surface area contributed by atoms with Gasteiger partial charge in [-0.2, -0.15) is 0 Å². The van der Waals surface area contributed by atoms with Crippen LogP contribution in [0.15, 0.2) is 42.5 Å². The van der Waals surface area contributed by atoms with Crippen molar-refractivity contribution in [3.63, 3.8) is 0 Å². The molecule has 0 radical (unpaired) electrons. The van der Waals surface area contributed by atoms with Gasteiger partial charge in [0.15, 0.2) is 0 Å². The van der Waals surface area contributed by atoms with Gasteiger partial charge in [0.25, 0.3) is 0 Å². The summed E-state index contributed by atoms with van der Waals surface area (Å²) in [5, 5.41) is 8.05. The maximum absolute atomic E-state index is 4.97. The standard InChI is InChI=1S/C14H14N2O/c1-3-4-11-5-7-12(8-6-11)13-9-10-14(17-2)16-15-13/h3-10H,1-2H3/b4-3+. The lowest BCUT2D eigenvalue weighted by Gasteiger charge is -2.02. The van der Waals surface area contributed by atoms with Crippen LogP contribution < -0.4 is 4.74 Å². The van der Waals surface area contributed by atoms with Gasteiger partial charge in [0, 0.05) is 11.6 Å². The maximum atomic E-state index is 4.97. The molecule has 0 spiro atoms. The number of aromatic nitrogens is 2. The van der Waals surface area contributed by atoms with Gasteiger partial charge >= 0.3 is 0 Å². The molecular formula is C14H14N2O. The summed E-state index contributed by atoms with van der Waals surface area (Å²) in [6, 6.07) is 11.9. The molecule has 0 N–H and O–H groups in total. The number of nitrogens with zero attached hydrogens (tertiary/aromatic N) is 2.